The zero-order chi connectivity index (χ0) is 10.9. The van der Waals surface area contributed by atoms with Gasteiger partial charge in [0.15, 0.2) is 5.67 Å². The first-order valence-corrected chi connectivity index (χ1v) is 3.57. The van der Waals surface area contributed by atoms with Crippen LogP contribution in [0.15, 0.2) is 0 Å². The van der Waals surface area contributed by atoms with Crippen LogP contribution >= 0.6 is 0 Å². The minimum absolute atomic E-state index is 0.0721. The van der Waals surface area contributed by atoms with E-state index in [9.17, 15) is 26.3 Å². The van der Waals surface area contributed by atoms with Gasteiger partial charge in [-0.15, -0.1) is 0 Å². The first-order valence-electron chi connectivity index (χ1n) is 3.57. The quantitative estimate of drug-likeness (QED) is 0.624. The minimum atomic E-state index is -5.33. The Morgan fingerprint density at radius 3 is 1.54 bits per heavy atom. The van der Waals surface area contributed by atoms with Crippen LogP contribution in [0.25, 0.3) is 0 Å². The third-order valence-corrected chi connectivity index (χ3v) is 2.08. The number of halogens is 6. The van der Waals surface area contributed by atoms with Gasteiger partial charge < -0.3 is 0 Å². The number of hydrogen-bond acceptors (Lipinski definition) is 0. The van der Waals surface area contributed by atoms with Gasteiger partial charge in [-0.1, -0.05) is 0 Å². The summed E-state index contributed by atoms with van der Waals surface area (Å²) in [5.74, 6) is 0. The Kier molecular flexibility index (Phi) is 3.27. The van der Waals surface area contributed by atoms with Crippen LogP contribution < -0.4 is 0 Å². The summed E-state index contributed by atoms with van der Waals surface area (Å²) in [6.07, 6.45) is -6.44. The van der Waals surface area contributed by atoms with Gasteiger partial charge in [-0.2, -0.15) is 13.2 Å². The topological polar surface area (TPSA) is 0 Å². The molecule has 0 fully saturated rings. The molecule has 0 spiro atoms. The second-order valence-electron chi connectivity index (χ2n) is 3.14. The first-order chi connectivity index (χ1) is 5.56. The van der Waals surface area contributed by atoms with Crippen LogP contribution in [0.2, 0.25) is 0 Å². The zero-order valence-electron chi connectivity index (χ0n) is 7.18. The highest BCUT2D eigenvalue weighted by atomic mass is 19.4. The number of hydrogen-bond donors (Lipinski definition) is 0. The predicted molar refractivity (Wildman–Crippen MR) is 35.7 cm³/mol. The Morgan fingerprint density at radius 1 is 0.923 bits per heavy atom. The van der Waals surface area contributed by atoms with Crippen LogP contribution in [0.4, 0.5) is 26.3 Å². The van der Waals surface area contributed by atoms with Gasteiger partial charge in [0.25, 0.3) is 0 Å². The molecule has 0 aliphatic rings. The summed E-state index contributed by atoms with van der Waals surface area (Å²) in [7, 11) is 0. The standard InChI is InChI=1S/C7H10F6/c1-5(9,3-4-8)6(2,10)7(11,12)13/h3-4H2,1-2H3. The summed E-state index contributed by atoms with van der Waals surface area (Å²) >= 11 is 0. The van der Waals surface area contributed by atoms with E-state index in [2.05, 4.69) is 0 Å². The molecule has 0 saturated carbocycles. The van der Waals surface area contributed by atoms with E-state index < -0.39 is 30.6 Å². The Morgan fingerprint density at radius 2 is 1.31 bits per heavy atom. The molecule has 80 valence electrons. The summed E-state index contributed by atoms with van der Waals surface area (Å²) in [6.45, 7) is -0.856. The highest BCUT2D eigenvalue weighted by Crippen LogP contribution is 2.45. The van der Waals surface area contributed by atoms with Gasteiger partial charge in [0.05, 0.1) is 6.67 Å². The largest absolute Gasteiger partial charge is 0.425 e. The van der Waals surface area contributed by atoms with E-state index >= 15 is 0 Å². The fourth-order valence-corrected chi connectivity index (χ4v) is 0.708. The molecule has 0 N–H and O–H groups in total. The molecule has 0 nitrogen and oxygen atoms in total. The number of alkyl halides is 6. The predicted octanol–water partition coefficient (Wildman–Crippen LogP) is 3.36. The van der Waals surface area contributed by atoms with Crippen molar-refractivity contribution in [1.29, 1.82) is 0 Å². The van der Waals surface area contributed by atoms with E-state index in [0.717, 1.165) is 0 Å². The Labute approximate surface area is 71.9 Å². The molecule has 0 aliphatic carbocycles. The maximum atomic E-state index is 13.0. The highest BCUT2D eigenvalue weighted by molar-refractivity contribution is 4.99. The van der Waals surface area contributed by atoms with Gasteiger partial charge in [-0.25, -0.2) is 8.78 Å². The molecule has 0 rings (SSSR count). The SMILES string of the molecule is CC(F)(CCF)C(C)(F)C(F)(F)F. The van der Waals surface area contributed by atoms with Gasteiger partial charge in [0, 0.05) is 6.42 Å². The fourth-order valence-electron chi connectivity index (χ4n) is 0.708. The lowest BCUT2D eigenvalue weighted by atomic mass is 9.86. The molecular weight excluding hydrogens is 198 g/mol. The highest BCUT2D eigenvalue weighted by Gasteiger charge is 2.63. The van der Waals surface area contributed by atoms with Gasteiger partial charge in [0.2, 0.25) is 5.67 Å². The van der Waals surface area contributed by atoms with Crippen molar-refractivity contribution in [2.75, 3.05) is 6.67 Å². The van der Waals surface area contributed by atoms with E-state index in [1.807, 2.05) is 0 Å². The monoisotopic (exact) mass is 208 g/mol. The molecule has 0 aromatic rings. The Bertz CT molecular complexity index is 168. The van der Waals surface area contributed by atoms with Crippen molar-refractivity contribution < 1.29 is 26.3 Å². The van der Waals surface area contributed by atoms with Crippen molar-refractivity contribution in [2.45, 2.75) is 37.8 Å². The van der Waals surface area contributed by atoms with E-state index in [-0.39, 0.29) is 6.92 Å². The molecule has 2 atom stereocenters. The van der Waals surface area contributed by atoms with Gasteiger partial charge in [-0.05, 0) is 13.8 Å². The molecule has 0 saturated heterocycles. The second-order valence-corrected chi connectivity index (χ2v) is 3.14. The lowest BCUT2D eigenvalue weighted by Gasteiger charge is -2.34. The van der Waals surface area contributed by atoms with Crippen molar-refractivity contribution in [1.82, 2.24) is 0 Å². The summed E-state index contributed by atoms with van der Waals surface area (Å²) in [6, 6.07) is 0. The molecule has 2 unspecified atom stereocenters. The third kappa shape index (κ3) is 2.28. The van der Waals surface area contributed by atoms with E-state index in [0.29, 0.717) is 6.92 Å². The van der Waals surface area contributed by atoms with Crippen LogP contribution in [-0.2, 0) is 0 Å². The van der Waals surface area contributed by atoms with Crippen LogP contribution in [-0.4, -0.2) is 24.2 Å². The van der Waals surface area contributed by atoms with E-state index in [4.69, 9.17) is 0 Å². The lowest BCUT2D eigenvalue weighted by molar-refractivity contribution is -0.264. The maximum absolute atomic E-state index is 13.0. The average Bonchev–Trinajstić information content (AvgIpc) is 1.84. The summed E-state index contributed by atoms with van der Waals surface area (Å²) < 4.78 is 73.3. The third-order valence-electron chi connectivity index (χ3n) is 2.08. The summed E-state index contributed by atoms with van der Waals surface area (Å²) in [4.78, 5) is 0. The fraction of sp³-hybridized carbons (Fsp3) is 1.00. The van der Waals surface area contributed by atoms with Crippen LogP contribution in [0.5, 0.6) is 0 Å². The Balaban J connectivity index is 4.81. The number of rotatable bonds is 3. The first kappa shape index (κ1) is 12.6. The maximum Gasteiger partial charge on any atom is 0.425 e. The van der Waals surface area contributed by atoms with E-state index in [1.54, 1.807) is 0 Å². The molecule has 0 aliphatic heterocycles. The molecule has 0 bridgehead atoms. The van der Waals surface area contributed by atoms with Crippen molar-refractivity contribution >= 4 is 0 Å². The molecule has 0 radical (unpaired) electrons. The average molecular weight is 208 g/mol. The minimum Gasteiger partial charge on any atom is -0.251 e. The second kappa shape index (κ2) is 3.38. The molecular formula is C7H10F6. The van der Waals surface area contributed by atoms with Gasteiger partial charge in [-0.3, -0.25) is 4.39 Å². The lowest BCUT2D eigenvalue weighted by Crippen LogP contribution is -2.54. The van der Waals surface area contributed by atoms with Crippen molar-refractivity contribution in [3.63, 3.8) is 0 Å². The van der Waals surface area contributed by atoms with E-state index in [1.165, 1.54) is 0 Å². The Hall–Kier alpha value is -0.420. The molecule has 0 aromatic heterocycles. The van der Waals surface area contributed by atoms with Crippen LogP contribution in [0, 0.1) is 0 Å². The molecule has 0 amide bonds. The van der Waals surface area contributed by atoms with Gasteiger partial charge >= 0.3 is 6.18 Å². The smallest absolute Gasteiger partial charge is 0.251 e. The molecule has 13 heavy (non-hydrogen) atoms. The summed E-state index contributed by atoms with van der Waals surface area (Å²) in [5.41, 5.74) is -7.26. The summed E-state index contributed by atoms with van der Waals surface area (Å²) in [5, 5.41) is 0. The van der Waals surface area contributed by atoms with Crippen molar-refractivity contribution in [3.05, 3.63) is 0 Å². The zero-order valence-corrected chi connectivity index (χ0v) is 7.18. The van der Waals surface area contributed by atoms with Crippen molar-refractivity contribution in [2.24, 2.45) is 0 Å². The molecule has 0 heterocycles. The molecule has 6 heteroatoms. The molecule has 0 aromatic carbocycles. The van der Waals surface area contributed by atoms with Crippen molar-refractivity contribution in [3.8, 4) is 0 Å². The van der Waals surface area contributed by atoms with Crippen LogP contribution in [0.1, 0.15) is 20.3 Å². The van der Waals surface area contributed by atoms with Gasteiger partial charge in [0.1, 0.15) is 0 Å². The normalized spacial score (nSPS) is 22.2. The van der Waals surface area contributed by atoms with Crippen LogP contribution in [0.3, 0.4) is 0 Å².